The molecule has 1 rings (SSSR count). The van der Waals surface area contributed by atoms with Crippen molar-refractivity contribution in [3.8, 4) is 0 Å². The van der Waals surface area contributed by atoms with Crippen LogP contribution in [-0.4, -0.2) is 10.1 Å². The van der Waals surface area contributed by atoms with Gasteiger partial charge in [0.05, 0.1) is 6.10 Å². The molecule has 0 radical (unpaired) electrons. The SMILES string of the molecule is CC[C@@H](O)c1cccnc1N. The molecule has 3 N–H and O–H groups in total. The normalized spacial score (nSPS) is 12.9. The van der Waals surface area contributed by atoms with Crippen LogP contribution in [0.4, 0.5) is 5.82 Å². The van der Waals surface area contributed by atoms with E-state index < -0.39 is 6.10 Å². The quantitative estimate of drug-likeness (QED) is 0.667. The van der Waals surface area contributed by atoms with Crippen molar-refractivity contribution in [1.29, 1.82) is 0 Å². The van der Waals surface area contributed by atoms with Crippen molar-refractivity contribution in [2.24, 2.45) is 0 Å². The summed E-state index contributed by atoms with van der Waals surface area (Å²) >= 11 is 0. The number of aliphatic hydroxyl groups excluding tert-OH is 1. The molecular formula is C8H12N2O. The van der Waals surface area contributed by atoms with Crippen molar-refractivity contribution in [1.82, 2.24) is 4.98 Å². The summed E-state index contributed by atoms with van der Waals surface area (Å²) in [5, 5.41) is 9.39. The van der Waals surface area contributed by atoms with Crippen LogP contribution in [0.15, 0.2) is 18.3 Å². The molecule has 0 bridgehead atoms. The Labute approximate surface area is 65.9 Å². The Morgan fingerprint density at radius 2 is 2.45 bits per heavy atom. The second kappa shape index (κ2) is 3.34. The molecule has 60 valence electrons. The maximum absolute atomic E-state index is 9.39. The molecule has 0 aliphatic heterocycles. The van der Waals surface area contributed by atoms with E-state index in [9.17, 15) is 5.11 Å². The highest BCUT2D eigenvalue weighted by atomic mass is 16.3. The smallest absolute Gasteiger partial charge is 0.129 e. The number of rotatable bonds is 2. The summed E-state index contributed by atoms with van der Waals surface area (Å²) in [6.45, 7) is 1.90. The third-order valence-electron chi connectivity index (χ3n) is 1.62. The van der Waals surface area contributed by atoms with Crippen LogP contribution >= 0.6 is 0 Å². The van der Waals surface area contributed by atoms with Gasteiger partial charge in [0.2, 0.25) is 0 Å². The van der Waals surface area contributed by atoms with E-state index >= 15 is 0 Å². The van der Waals surface area contributed by atoms with Crippen molar-refractivity contribution < 1.29 is 5.11 Å². The van der Waals surface area contributed by atoms with E-state index in [0.29, 0.717) is 12.2 Å². The maximum atomic E-state index is 9.39. The zero-order valence-electron chi connectivity index (χ0n) is 6.49. The molecule has 1 aromatic rings. The summed E-state index contributed by atoms with van der Waals surface area (Å²) in [6, 6.07) is 3.56. The van der Waals surface area contributed by atoms with Crippen molar-refractivity contribution in [3.63, 3.8) is 0 Å². The lowest BCUT2D eigenvalue weighted by Crippen LogP contribution is -2.02. The third-order valence-corrected chi connectivity index (χ3v) is 1.62. The van der Waals surface area contributed by atoms with E-state index in [1.807, 2.05) is 6.92 Å². The van der Waals surface area contributed by atoms with Gasteiger partial charge in [0.25, 0.3) is 0 Å². The molecule has 0 aliphatic carbocycles. The highest BCUT2D eigenvalue weighted by Gasteiger charge is 2.07. The fourth-order valence-electron chi connectivity index (χ4n) is 0.932. The van der Waals surface area contributed by atoms with E-state index in [1.165, 1.54) is 0 Å². The molecule has 3 heteroatoms. The van der Waals surface area contributed by atoms with Gasteiger partial charge in [0, 0.05) is 11.8 Å². The number of hydrogen-bond acceptors (Lipinski definition) is 3. The standard InChI is InChI=1S/C8H12N2O/c1-2-7(11)6-4-3-5-10-8(6)9/h3-5,7,11H,2H2,1H3,(H2,9,10)/t7-/m1/s1. The minimum Gasteiger partial charge on any atom is -0.388 e. The van der Waals surface area contributed by atoms with Crippen molar-refractivity contribution >= 4 is 5.82 Å². The van der Waals surface area contributed by atoms with Gasteiger partial charge in [-0.15, -0.1) is 0 Å². The Hall–Kier alpha value is -1.09. The molecule has 0 saturated carbocycles. The molecule has 0 fully saturated rings. The number of aromatic nitrogens is 1. The molecule has 0 amide bonds. The molecule has 1 heterocycles. The predicted octanol–water partition coefficient (Wildman–Crippen LogP) is 1.11. The first kappa shape index (κ1) is 8.01. The number of hydrogen-bond donors (Lipinski definition) is 2. The first-order valence-corrected chi connectivity index (χ1v) is 3.64. The van der Waals surface area contributed by atoms with Gasteiger partial charge in [-0.3, -0.25) is 0 Å². The van der Waals surface area contributed by atoms with Gasteiger partial charge >= 0.3 is 0 Å². The molecule has 0 spiro atoms. The van der Waals surface area contributed by atoms with Crippen LogP contribution in [0.1, 0.15) is 25.0 Å². The van der Waals surface area contributed by atoms with E-state index in [4.69, 9.17) is 5.73 Å². The lowest BCUT2D eigenvalue weighted by Gasteiger charge is -2.08. The van der Waals surface area contributed by atoms with Crippen LogP contribution < -0.4 is 5.73 Å². The topological polar surface area (TPSA) is 59.1 Å². The Bertz CT molecular complexity index is 237. The van der Waals surface area contributed by atoms with Gasteiger partial charge in [-0.2, -0.15) is 0 Å². The zero-order valence-corrected chi connectivity index (χ0v) is 6.49. The molecule has 11 heavy (non-hydrogen) atoms. The molecular weight excluding hydrogens is 140 g/mol. The summed E-state index contributed by atoms with van der Waals surface area (Å²) < 4.78 is 0. The first-order valence-electron chi connectivity index (χ1n) is 3.64. The predicted molar refractivity (Wildman–Crippen MR) is 43.9 cm³/mol. The second-order valence-corrected chi connectivity index (χ2v) is 2.40. The monoisotopic (exact) mass is 152 g/mol. The minimum atomic E-state index is -0.483. The molecule has 3 nitrogen and oxygen atoms in total. The summed E-state index contributed by atoms with van der Waals surface area (Å²) in [7, 11) is 0. The molecule has 0 saturated heterocycles. The molecule has 0 unspecified atom stereocenters. The van der Waals surface area contributed by atoms with Crippen LogP contribution in [0, 0.1) is 0 Å². The average molecular weight is 152 g/mol. The van der Waals surface area contributed by atoms with E-state index in [-0.39, 0.29) is 0 Å². The Morgan fingerprint density at radius 1 is 1.73 bits per heavy atom. The largest absolute Gasteiger partial charge is 0.388 e. The Kier molecular flexibility index (Phi) is 2.44. The number of nitrogens with two attached hydrogens (primary N) is 1. The number of nitrogens with zero attached hydrogens (tertiary/aromatic N) is 1. The summed E-state index contributed by atoms with van der Waals surface area (Å²) in [4.78, 5) is 3.87. The molecule has 1 atom stereocenters. The molecule has 1 aromatic heterocycles. The highest BCUT2D eigenvalue weighted by molar-refractivity contribution is 5.39. The van der Waals surface area contributed by atoms with Gasteiger partial charge < -0.3 is 10.8 Å². The van der Waals surface area contributed by atoms with Crippen molar-refractivity contribution in [2.75, 3.05) is 5.73 Å². The number of pyridine rings is 1. The van der Waals surface area contributed by atoms with Crippen LogP contribution in [-0.2, 0) is 0 Å². The number of nitrogen functional groups attached to an aromatic ring is 1. The summed E-state index contributed by atoms with van der Waals surface area (Å²) in [5.41, 5.74) is 6.24. The van der Waals surface area contributed by atoms with Gasteiger partial charge in [-0.25, -0.2) is 4.98 Å². The fraction of sp³-hybridized carbons (Fsp3) is 0.375. The minimum absolute atomic E-state index is 0.418. The second-order valence-electron chi connectivity index (χ2n) is 2.40. The van der Waals surface area contributed by atoms with Crippen LogP contribution in [0.25, 0.3) is 0 Å². The molecule has 0 aromatic carbocycles. The molecule has 0 aliphatic rings. The van der Waals surface area contributed by atoms with Crippen LogP contribution in [0.5, 0.6) is 0 Å². The maximum Gasteiger partial charge on any atom is 0.129 e. The summed E-state index contributed by atoms with van der Waals surface area (Å²) in [5.74, 6) is 0.418. The van der Waals surface area contributed by atoms with Gasteiger partial charge in [-0.05, 0) is 12.5 Å². The summed E-state index contributed by atoms with van der Waals surface area (Å²) in [6.07, 6.45) is 1.79. The number of anilines is 1. The highest BCUT2D eigenvalue weighted by Crippen LogP contribution is 2.19. The van der Waals surface area contributed by atoms with Crippen molar-refractivity contribution in [2.45, 2.75) is 19.4 Å². The van der Waals surface area contributed by atoms with E-state index in [0.717, 1.165) is 5.56 Å². The lowest BCUT2D eigenvalue weighted by atomic mass is 10.1. The van der Waals surface area contributed by atoms with Crippen LogP contribution in [0.2, 0.25) is 0 Å². The Morgan fingerprint density at radius 3 is 3.00 bits per heavy atom. The van der Waals surface area contributed by atoms with Gasteiger partial charge in [0.1, 0.15) is 5.82 Å². The van der Waals surface area contributed by atoms with Gasteiger partial charge in [0.15, 0.2) is 0 Å². The fourth-order valence-corrected chi connectivity index (χ4v) is 0.932. The zero-order chi connectivity index (χ0) is 8.27. The van der Waals surface area contributed by atoms with E-state index in [2.05, 4.69) is 4.98 Å². The third kappa shape index (κ3) is 1.68. The van der Waals surface area contributed by atoms with Crippen molar-refractivity contribution in [3.05, 3.63) is 23.9 Å². The van der Waals surface area contributed by atoms with Crippen LogP contribution in [0.3, 0.4) is 0 Å². The van der Waals surface area contributed by atoms with Gasteiger partial charge in [-0.1, -0.05) is 13.0 Å². The Balaban J connectivity index is 2.93. The average Bonchev–Trinajstić information content (AvgIpc) is 2.04. The lowest BCUT2D eigenvalue weighted by molar-refractivity contribution is 0.174. The number of aliphatic hydroxyl groups is 1. The first-order chi connectivity index (χ1) is 5.25. The van der Waals surface area contributed by atoms with E-state index in [1.54, 1.807) is 18.3 Å².